The van der Waals surface area contributed by atoms with Gasteiger partial charge in [0.2, 0.25) is 0 Å². The van der Waals surface area contributed by atoms with E-state index in [1.54, 1.807) is 6.20 Å². The third-order valence-corrected chi connectivity index (χ3v) is 5.19. The number of benzene rings is 1. The Morgan fingerprint density at radius 2 is 1.85 bits per heavy atom. The fraction of sp³-hybridized carbons (Fsp3) is 0.364. The molecule has 27 heavy (non-hydrogen) atoms. The number of nitrogens with one attached hydrogen (secondary N) is 1. The number of anilines is 2. The van der Waals surface area contributed by atoms with Gasteiger partial charge in [0.15, 0.2) is 0 Å². The number of likely N-dealkylation sites (N-methyl/N-ethyl adjacent to an activating group) is 1. The van der Waals surface area contributed by atoms with Crippen LogP contribution in [0.15, 0.2) is 48.2 Å². The maximum absolute atomic E-state index is 12.4. The molecule has 1 aliphatic rings. The van der Waals surface area contributed by atoms with E-state index in [1.807, 2.05) is 32.1 Å². The molecule has 142 valence electrons. The summed E-state index contributed by atoms with van der Waals surface area (Å²) in [6, 6.07) is 10.4. The summed E-state index contributed by atoms with van der Waals surface area (Å²) in [6.45, 7) is 9.75. The molecule has 1 aliphatic heterocycles. The van der Waals surface area contributed by atoms with Crippen molar-refractivity contribution >= 4 is 17.4 Å². The van der Waals surface area contributed by atoms with Crippen LogP contribution >= 0.6 is 0 Å². The lowest BCUT2D eigenvalue weighted by Crippen LogP contribution is -2.44. The molecule has 1 aromatic heterocycles. The minimum Gasteiger partial charge on any atom is -0.354 e. The van der Waals surface area contributed by atoms with Crippen molar-refractivity contribution in [2.45, 2.75) is 20.8 Å². The number of nitrogens with zero attached hydrogens (tertiary/aromatic N) is 3. The molecule has 1 amide bonds. The van der Waals surface area contributed by atoms with Gasteiger partial charge in [0.05, 0.1) is 11.9 Å². The van der Waals surface area contributed by atoms with Gasteiger partial charge in [-0.15, -0.1) is 0 Å². The highest BCUT2D eigenvalue weighted by atomic mass is 16.1. The van der Waals surface area contributed by atoms with Crippen molar-refractivity contribution < 1.29 is 4.79 Å². The van der Waals surface area contributed by atoms with Gasteiger partial charge in [0.1, 0.15) is 5.82 Å². The van der Waals surface area contributed by atoms with Gasteiger partial charge in [-0.2, -0.15) is 0 Å². The molecule has 2 heterocycles. The molecule has 5 nitrogen and oxygen atoms in total. The molecular weight excluding hydrogens is 336 g/mol. The van der Waals surface area contributed by atoms with Crippen LogP contribution in [-0.4, -0.2) is 49.0 Å². The monoisotopic (exact) mass is 364 g/mol. The molecular formula is C22H28N4O. The molecule has 1 N–H and O–H groups in total. The fourth-order valence-corrected chi connectivity index (χ4v) is 3.20. The highest BCUT2D eigenvalue weighted by molar-refractivity contribution is 6.05. The average molecular weight is 364 g/mol. The number of carbonyl (C=O) groups is 1. The zero-order valence-corrected chi connectivity index (χ0v) is 16.6. The first-order valence-electron chi connectivity index (χ1n) is 9.43. The molecule has 0 spiro atoms. The summed E-state index contributed by atoms with van der Waals surface area (Å²) in [5.41, 5.74) is 4.73. The Morgan fingerprint density at radius 3 is 2.52 bits per heavy atom. The van der Waals surface area contributed by atoms with Gasteiger partial charge < -0.3 is 15.1 Å². The molecule has 0 unspecified atom stereocenters. The van der Waals surface area contributed by atoms with Crippen molar-refractivity contribution in [1.29, 1.82) is 0 Å². The van der Waals surface area contributed by atoms with E-state index >= 15 is 0 Å². The number of hydrogen-bond donors (Lipinski definition) is 1. The van der Waals surface area contributed by atoms with Gasteiger partial charge in [-0.25, -0.2) is 4.98 Å². The Kier molecular flexibility index (Phi) is 5.91. The van der Waals surface area contributed by atoms with Crippen molar-refractivity contribution in [3.63, 3.8) is 0 Å². The van der Waals surface area contributed by atoms with Crippen LogP contribution in [0.3, 0.4) is 0 Å². The van der Waals surface area contributed by atoms with E-state index in [0.29, 0.717) is 5.57 Å². The highest BCUT2D eigenvalue weighted by Crippen LogP contribution is 2.33. The Balaban J connectivity index is 2.00. The molecule has 1 saturated heterocycles. The molecule has 0 saturated carbocycles. The number of pyridine rings is 1. The van der Waals surface area contributed by atoms with E-state index < -0.39 is 0 Å². The number of carbonyl (C=O) groups excluding carboxylic acids is 1. The predicted octanol–water partition coefficient (Wildman–Crippen LogP) is 3.71. The van der Waals surface area contributed by atoms with Crippen molar-refractivity contribution in [1.82, 2.24) is 9.88 Å². The lowest BCUT2D eigenvalue weighted by Gasteiger charge is -2.33. The molecule has 0 atom stereocenters. The van der Waals surface area contributed by atoms with E-state index in [0.717, 1.165) is 48.8 Å². The minimum atomic E-state index is -0.0959. The third-order valence-electron chi connectivity index (χ3n) is 5.19. The van der Waals surface area contributed by atoms with Gasteiger partial charge in [0, 0.05) is 37.3 Å². The molecule has 1 fully saturated rings. The summed E-state index contributed by atoms with van der Waals surface area (Å²) in [5.74, 6) is 0.864. The first-order valence-corrected chi connectivity index (χ1v) is 9.43. The van der Waals surface area contributed by atoms with Crippen LogP contribution in [0.2, 0.25) is 0 Å². The number of amides is 1. The summed E-state index contributed by atoms with van der Waals surface area (Å²) < 4.78 is 0. The van der Waals surface area contributed by atoms with Crippen LogP contribution in [0.4, 0.5) is 11.5 Å². The fourth-order valence-electron chi connectivity index (χ4n) is 3.20. The second kappa shape index (κ2) is 8.35. The number of piperazine rings is 1. The lowest BCUT2D eigenvalue weighted by molar-refractivity contribution is -0.112. The molecule has 5 heteroatoms. The zero-order valence-electron chi connectivity index (χ0n) is 16.6. The maximum atomic E-state index is 12.4. The Labute approximate surface area is 161 Å². The first kappa shape index (κ1) is 19.1. The third kappa shape index (κ3) is 4.37. The SMILES string of the molecule is CC=C(C)C(=O)Nc1cnc(N2CCN(C)CC2)cc1-c1ccccc1C. The van der Waals surface area contributed by atoms with Crippen LogP contribution in [0.25, 0.3) is 11.1 Å². The van der Waals surface area contributed by atoms with Crippen LogP contribution in [0.1, 0.15) is 19.4 Å². The van der Waals surface area contributed by atoms with Gasteiger partial charge in [-0.1, -0.05) is 30.3 Å². The van der Waals surface area contributed by atoms with Gasteiger partial charge >= 0.3 is 0 Å². The van der Waals surface area contributed by atoms with Crippen LogP contribution < -0.4 is 10.2 Å². The van der Waals surface area contributed by atoms with Crippen molar-refractivity contribution in [2.24, 2.45) is 0 Å². The number of hydrogen-bond acceptors (Lipinski definition) is 4. The second-order valence-corrected chi connectivity index (χ2v) is 7.12. The van der Waals surface area contributed by atoms with Crippen LogP contribution in [0.5, 0.6) is 0 Å². The standard InChI is InChI=1S/C22H28N4O/c1-5-16(2)22(27)24-20-15-23-21(26-12-10-25(4)11-13-26)14-19(20)18-9-7-6-8-17(18)3/h5-9,14-15H,10-13H2,1-4H3,(H,24,27). The normalized spacial score (nSPS) is 15.7. The van der Waals surface area contributed by atoms with E-state index in [1.165, 1.54) is 5.56 Å². The van der Waals surface area contributed by atoms with Crippen LogP contribution in [0, 0.1) is 6.92 Å². The molecule has 0 bridgehead atoms. The summed E-state index contributed by atoms with van der Waals surface area (Å²) in [6.07, 6.45) is 3.60. The minimum absolute atomic E-state index is 0.0959. The molecule has 2 aromatic rings. The number of allylic oxidation sites excluding steroid dienone is 1. The zero-order chi connectivity index (χ0) is 19.4. The summed E-state index contributed by atoms with van der Waals surface area (Å²) in [4.78, 5) is 21.7. The molecule has 0 aliphatic carbocycles. The van der Waals surface area contributed by atoms with E-state index in [2.05, 4.69) is 52.3 Å². The van der Waals surface area contributed by atoms with Gasteiger partial charge in [0.25, 0.3) is 5.91 Å². The van der Waals surface area contributed by atoms with E-state index in [-0.39, 0.29) is 5.91 Å². The second-order valence-electron chi connectivity index (χ2n) is 7.12. The maximum Gasteiger partial charge on any atom is 0.251 e. The number of aryl methyl sites for hydroxylation is 1. The van der Waals surface area contributed by atoms with Gasteiger partial charge in [-0.3, -0.25) is 4.79 Å². The lowest BCUT2D eigenvalue weighted by atomic mass is 9.99. The van der Waals surface area contributed by atoms with Crippen molar-refractivity contribution in [3.8, 4) is 11.1 Å². The summed E-state index contributed by atoms with van der Waals surface area (Å²) >= 11 is 0. The summed E-state index contributed by atoms with van der Waals surface area (Å²) in [7, 11) is 2.14. The topological polar surface area (TPSA) is 48.5 Å². The smallest absolute Gasteiger partial charge is 0.251 e. The highest BCUT2D eigenvalue weighted by Gasteiger charge is 2.18. The number of rotatable bonds is 4. The van der Waals surface area contributed by atoms with Crippen molar-refractivity contribution in [2.75, 3.05) is 43.4 Å². The van der Waals surface area contributed by atoms with E-state index in [4.69, 9.17) is 0 Å². The Hall–Kier alpha value is -2.66. The largest absolute Gasteiger partial charge is 0.354 e. The molecule has 1 aromatic carbocycles. The summed E-state index contributed by atoms with van der Waals surface area (Å²) in [5, 5.41) is 3.03. The Bertz CT molecular complexity index is 851. The quantitative estimate of drug-likeness (QED) is 0.840. The van der Waals surface area contributed by atoms with Gasteiger partial charge in [-0.05, 0) is 45.0 Å². The van der Waals surface area contributed by atoms with Crippen LogP contribution in [-0.2, 0) is 4.79 Å². The number of aromatic nitrogens is 1. The molecule has 3 rings (SSSR count). The molecule has 0 radical (unpaired) electrons. The van der Waals surface area contributed by atoms with E-state index in [9.17, 15) is 4.79 Å². The van der Waals surface area contributed by atoms with Crippen molar-refractivity contribution in [3.05, 3.63) is 53.7 Å². The first-order chi connectivity index (χ1) is 13.0. The predicted molar refractivity (Wildman–Crippen MR) is 112 cm³/mol. The average Bonchev–Trinajstić information content (AvgIpc) is 2.69. The Morgan fingerprint density at radius 1 is 1.15 bits per heavy atom.